The molecule has 0 rings (SSSR count). The lowest BCUT2D eigenvalue weighted by atomic mass is 10.0. The first-order valence-corrected chi connectivity index (χ1v) is 38.8. The van der Waals surface area contributed by atoms with Crippen LogP contribution in [-0.4, -0.2) is 68.5 Å². The Hall–Kier alpha value is -1.28. The molecule has 0 bridgehead atoms. The molecular weight excluding hydrogens is 1060 g/mol. The fourth-order valence-electron chi connectivity index (χ4n) is 11.5. The fraction of sp³-hybridized carbons (Fsp3) is 0.907. The number of amides is 1. The Morgan fingerprint density at radius 3 is 0.964 bits per heavy atom. The van der Waals surface area contributed by atoms with Crippen molar-refractivity contribution < 1.29 is 32.9 Å². The molecule has 0 aliphatic heterocycles. The second-order valence-electron chi connectivity index (χ2n) is 27.0. The summed E-state index contributed by atoms with van der Waals surface area (Å²) < 4.78 is 23.5. The third-order valence-electron chi connectivity index (χ3n) is 17.3. The van der Waals surface area contributed by atoms with Crippen LogP contribution >= 0.6 is 7.82 Å². The summed E-state index contributed by atoms with van der Waals surface area (Å²) in [4.78, 5) is 25.6. The predicted octanol–water partition coefficient (Wildman–Crippen LogP) is 23.4. The number of aliphatic hydroxyl groups excluding tert-OH is 1. The summed E-state index contributed by atoms with van der Waals surface area (Å²) in [6.45, 7) is 4.69. The van der Waals surface area contributed by atoms with E-state index in [0.29, 0.717) is 17.4 Å². The van der Waals surface area contributed by atoms with E-state index >= 15 is 0 Å². The van der Waals surface area contributed by atoms with Crippen LogP contribution in [0.25, 0.3) is 0 Å². The number of likely N-dealkylation sites (N-methyl/N-ethyl adjacent to an activating group) is 1. The Bertz CT molecular complexity index is 1460. The molecule has 0 aromatic carbocycles. The first kappa shape index (κ1) is 82.7. The molecule has 2 N–H and O–H groups in total. The summed E-state index contributed by atoms with van der Waals surface area (Å²) in [6.07, 6.45) is 88.8. The molecule has 0 heterocycles. The smallest absolute Gasteiger partial charge is 0.268 e. The van der Waals surface area contributed by atoms with Crippen LogP contribution in [0, 0.1) is 0 Å². The van der Waals surface area contributed by atoms with Gasteiger partial charge < -0.3 is 28.8 Å². The summed E-state index contributed by atoms with van der Waals surface area (Å²) in [7, 11) is 1.25. The van der Waals surface area contributed by atoms with Crippen LogP contribution in [0.3, 0.4) is 0 Å². The molecule has 498 valence electrons. The van der Waals surface area contributed by atoms with Gasteiger partial charge in [-0.25, -0.2) is 0 Å². The van der Waals surface area contributed by atoms with Gasteiger partial charge in [0.05, 0.1) is 39.9 Å². The average molecular weight is 1200 g/mol. The number of carbonyl (C=O) groups excluding carboxylic acids is 1. The number of phosphoric acid groups is 1. The van der Waals surface area contributed by atoms with Crippen molar-refractivity contribution in [2.75, 3.05) is 40.9 Å². The Balaban J connectivity index is 4.04. The van der Waals surface area contributed by atoms with Crippen molar-refractivity contribution >= 4 is 13.7 Å². The lowest BCUT2D eigenvalue weighted by molar-refractivity contribution is -0.870. The first-order chi connectivity index (χ1) is 41.0. The van der Waals surface area contributed by atoms with E-state index in [1.54, 1.807) is 6.08 Å². The number of quaternary nitrogens is 1. The van der Waals surface area contributed by atoms with E-state index in [9.17, 15) is 19.4 Å². The summed E-state index contributed by atoms with van der Waals surface area (Å²) in [6, 6.07) is -0.910. The standard InChI is InChI=1S/C75H147N2O6P/c1-6-8-10-12-14-16-18-20-22-24-26-28-30-32-34-36-37-38-39-41-43-45-47-49-51-53-55-57-59-61-63-65-67-69-75(79)76-73(72-83-84(80,81)82-71-70-77(3,4)5)74(78)68-66-64-62-60-58-56-54-52-50-48-46-44-42-40-35-33-31-29-27-25-23-21-19-17-15-13-11-9-7-2/h50,52,58,60,66,68,73-74,78H,6-49,51,53-57,59,61-65,67,69-72H2,1-5H3,(H-,76,79,80,81)/b52-50+,60-58+,68-66+. The molecule has 3 unspecified atom stereocenters. The molecule has 0 aromatic rings. The summed E-state index contributed by atoms with van der Waals surface area (Å²) in [5.74, 6) is -0.203. The molecule has 0 aliphatic rings. The first-order valence-electron chi connectivity index (χ1n) is 37.4. The molecule has 0 spiro atoms. The van der Waals surface area contributed by atoms with Crippen molar-refractivity contribution in [1.82, 2.24) is 5.32 Å². The number of phosphoric ester groups is 1. The zero-order valence-electron chi connectivity index (χ0n) is 57.1. The highest BCUT2D eigenvalue weighted by atomic mass is 31.2. The van der Waals surface area contributed by atoms with Crippen LogP contribution in [0.15, 0.2) is 36.5 Å². The van der Waals surface area contributed by atoms with Crippen LogP contribution in [0.1, 0.15) is 386 Å². The van der Waals surface area contributed by atoms with Gasteiger partial charge in [0, 0.05) is 6.42 Å². The van der Waals surface area contributed by atoms with E-state index in [0.717, 1.165) is 44.9 Å². The molecule has 8 nitrogen and oxygen atoms in total. The molecule has 0 radical (unpaired) electrons. The zero-order chi connectivity index (χ0) is 61.2. The number of hydrogen-bond donors (Lipinski definition) is 2. The summed E-state index contributed by atoms with van der Waals surface area (Å²) >= 11 is 0. The topological polar surface area (TPSA) is 108 Å². The Kier molecular flexibility index (Phi) is 65.1. The van der Waals surface area contributed by atoms with Crippen molar-refractivity contribution in [3.05, 3.63) is 36.5 Å². The fourth-order valence-corrected chi connectivity index (χ4v) is 12.3. The Labute approximate surface area is 525 Å². The van der Waals surface area contributed by atoms with Gasteiger partial charge in [0.15, 0.2) is 0 Å². The van der Waals surface area contributed by atoms with Crippen LogP contribution in [0.5, 0.6) is 0 Å². The van der Waals surface area contributed by atoms with Crippen molar-refractivity contribution in [1.29, 1.82) is 0 Å². The van der Waals surface area contributed by atoms with Gasteiger partial charge in [-0.15, -0.1) is 0 Å². The van der Waals surface area contributed by atoms with Crippen molar-refractivity contribution in [3.63, 3.8) is 0 Å². The molecule has 1 amide bonds. The molecule has 0 fully saturated rings. The van der Waals surface area contributed by atoms with Gasteiger partial charge in [0.2, 0.25) is 5.91 Å². The van der Waals surface area contributed by atoms with Gasteiger partial charge in [-0.1, -0.05) is 371 Å². The number of unbranched alkanes of at least 4 members (excludes halogenated alkanes) is 53. The second-order valence-corrected chi connectivity index (χ2v) is 28.4. The van der Waals surface area contributed by atoms with E-state index in [1.807, 2.05) is 27.2 Å². The molecular formula is C75H147N2O6P. The number of nitrogens with one attached hydrogen (secondary N) is 1. The van der Waals surface area contributed by atoms with Gasteiger partial charge in [-0.3, -0.25) is 9.36 Å². The highest BCUT2D eigenvalue weighted by Crippen LogP contribution is 2.38. The van der Waals surface area contributed by atoms with Gasteiger partial charge in [-0.2, -0.15) is 0 Å². The molecule has 0 saturated carbocycles. The maximum atomic E-state index is 13.0. The molecule has 0 saturated heterocycles. The molecule has 3 atom stereocenters. The largest absolute Gasteiger partial charge is 0.756 e. The monoisotopic (exact) mass is 1200 g/mol. The number of nitrogens with zero attached hydrogens (tertiary/aromatic N) is 1. The number of aliphatic hydroxyl groups is 1. The summed E-state index contributed by atoms with van der Waals surface area (Å²) in [5.41, 5.74) is 0. The minimum atomic E-state index is -4.62. The number of hydrogen-bond acceptors (Lipinski definition) is 6. The van der Waals surface area contributed by atoms with Gasteiger partial charge in [0.1, 0.15) is 13.2 Å². The molecule has 0 aromatic heterocycles. The zero-order valence-corrected chi connectivity index (χ0v) is 58.0. The number of carbonyl (C=O) groups is 1. The lowest BCUT2D eigenvalue weighted by Crippen LogP contribution is -2.45. The van der Waals surface area contributed by atoms with E-state index < -0.39 is 26.6 Å². The SMILES string of the molecule is CCCCCCCCCCCCCCCCCCCCC/C=C/CC/C=C/CC/C=C/C(O)C(COP(=O)([O-])OCC[N+](C)(C)C)NC(=O)CCCCCCCCCCCCCCCCCCCCCCCCCCCCCCCCCCC. The molecule has 0 aliphatic carbocycles. The second kappa shape index (κ2) is 66.1. The van der Waals surface area contributed by atoms with Gasteiger partial charge >= 0.3 is 0 Å². The normalized spacial score (nSPS) is 13.8. The van der Waals surface area contributed by atoms with E-state index in [1.165, 1.54) is 321 Å². The third kappa shape index (κ3) is 68.2. The van der Waals surface area contributed by atoms with Crippen molar-refractivity contribution in [2.24, 2.45) is 0 Å². The van der Waals surface area contributed by atoms with E-state index in [-0.39, 0.29) is 12.5 Å². The minimum absolute atomic E-state index is 0.00700. The minimum Gasteiger partial charge on any atom is -0.756 e. The van der Waals surface area contributed by atoms with Crippen LogP contribution < -0.4 is 10.2 Å². The molecule has 84 heavy (non-hydrogen) atoms. The van der Waals surface area contributed by atoms with Crippen molar-refractivity contribution in [2.45, 2.75) is 398 Å². The molecule has 9 heteroatoms. The van der Waals surface area contributed by atoms with Crippen LogP contribution in [0.4, 0.5) is 0 Å². The Morgan fingerprint density at radius 1 is 0.405 bits per heavy atom. The Morgan fingerprint density at radius 2 is 0.667 bits per heavy atom. The maximum Gasteiger partial charge on any atom is 0.268 e. The van der Waals surface area contributed by atoms with Crippen molar-refractivity contribution in [3.8, 4) is 0 Å². The lowest BCUT2D eigenvalue weighted by Gasteiger charge is -2.29. The number of allylic oxidation sites excluding steroid dienone is 5. The van der Waals surface area contributed by atoms with E-state index in [2.05, 4.69) is 43.5 Å². The quantitative estimate of drug-likeness (QED) is 0.0272. The highest BCUT2D eigenvalue weighted by molar-refractivity contribution is 7.45. The summed E-state index contributed by atoms with van der Waals surface area (Å²) in [5, 5.41) is 14.0. The van der Waals surface area contributed by atoms with Crippen LogP contribution in [-0.2, 0) is 18.4 Å². The van der Waals surface area contributed by atoms with Gasteiger partial charge in [0.25, 0.3) is 7.82 Å². The van der Waals surface area contributed by atoms with Gasteiger partial charge in [-0.05, 0) is 44.9 Å². The van der Waals surface area contributed by atoms with Crippen LogP contribution in [0.2, 0.25) is 0 Å². The van der Waals surface area contributed by atoms with E-state index in [4.69, 9.17) is 9.05 Å². The maximum absolute atomic E-state index is 13.0. The third-order valence-corrected chi connectivity index (χ3v) is 18.3. The number of rotatable bonds is 70. The average Bonchev–Trinajstić information content (AvgIpc) is 3.56. The predicted molar refractivity (Wildman–Crippen MR) is 367 cm³/mol. The highest BCUT2D eigenvalue weighted by Gasteiger charge is 2.23.